The zero-order valence-electron chi connectivity index (χ0n) is 7.22. The predicted octanol–water partition coefficient (Wildman–Crippen LogP) is 2.92. The zero-order chi connectivity index (χ0) is 10.9. The van der Waals surface area contributed by atoms with Gasteiger partial charge in [-0.1, -0.05) is 15.9 Å². The third-order valence-corrected chi connectivity index (χ3v) is 2.31. The van der Waals surface area contributed by atoms with Gasteiger partial charge in [0.1, 0.15) is 11.6 Å². The third kappa shape index (κ3) is 2.09. The quantitative estimate of drug-likeness (QED) is 0.892. The van der Waals surface area contributed by atoms with Crippen LogP contribution in [0, 0.1) is 11.6 Å². The van der Waals surface area contributed by atoms with E-state index in [1.54, 1.807) is 0 Å². The number of hydrogen-bond acceptors (Lipinski definition) is 1. The number of halogens is 3. The van der Waals surface area contributed by atoms with Crippen molar-refractivity contribution in [1.29, 1.82) is 0 Å². The van der Waals surface area contributed by atoms with E-state index in [0.717, 1.165) is 12.1 Å². The van der Waals surface area contributed by atoms with Gasteiger partial charge in [-0.15, -0.1) is 0 Å². The minimum Gasteiger partial charge on any atom is -0.481 e. The van der Waals surface area contributed by atoms with Crippen molar-refractivity contribution in [3.8, 4) is 0 Å². The molecule has 0 aliphatic heterocycles. The van der Waals surface area contributed by atoms with Crippen molar-refractivity contribution in [3.05, 3.63) is 33.8 Å². The number of carboxylic acids is 1. The minimum atomic E-state index is -1.26. The van der Waals surface area contributed by atoms with Gasteiger partial charge in [-0.05, 0) is 19.1 Å². The van der Waals surface area contributed by atoms with Crippen LogP contribution in [0.2, 0.25) is 0 Å². The number of hydrogen-bond donors (Lipinski definition) is 1. The number of benzene rings is 1. The molecule has 0 amide bonds. The second-order valence-corrected chi connectivity index (χ2v) is 3.76. The second kappa shape index (κ2) is 4.04. The molecule has 0 saturated carbocycles. The molecule has 1 unspecified atom stereocenters. The Morgan fingerprint density at radius 3 is 2.21 bits per heavy atom. The van der Waals surface area contributed by atoms with Crippen molar-refractivity contribution < 1.29 is 18.7 Å². The Morgan fingerprint density at radius 1 is 1.43 bits per heavy atom. The molecule has 0 heterocycles. The molecule has 2 nitrogen and oxygen atoms in total. The Balaban J connectivity index is 3.27. The molecule has 1 atom stereocenters. The molecule has 0 spiro atoms. The van der Waals surface area contributed by atoms with Gasteiger partial charge in [-0.2, -0.15) is 0 Å². The van der Waals surface area contributed by atoms with Gasteiger partial charge in [0.2, 0.25) is 0 Å². The highest BCUT2D eigenvalue weighted by molar-refractivity contribution is 9.10. The molecule has 0 radical (unpaired) electrons. The lowest BCUT2D eigenvalue weighted by molar-refractivity contribution is -0.138. The van der Waals surface area contributed by atoms with Crippen LogP contribution >= 0.6 is 15.9 Å². The Labute approximate surface area is 87.7 Å². The normalized spacial score (nSPS) is 12.6. The molecule has 0 fully saturated rings. The summed E-state index contributed by atoms with van der Waals surface area (Å²) in [6, 6.07) is 2.08. The summed E-state index contributed by atoms with van der Waals surface area (Å²) in [4.78, 5) is 10.5. The monoisotopic (exact) mass is 264 g/mol. The number of carbonyl (C=O) groups is 1. The van der Waals surface area contributed by atoms with Gasteiger partial charge in [0.15, 0.2) is 0 Å². The highest BCUT2D eigenvalue weighted by Crippen LogP contribution is 2.26. The molecule has 1 N–H and O–H groups in total. The van der Waals surface area contributed by atoms with E-state index in [9.17, 15) is 13.6 Å². The molecule has 1 aromatic rings. The fraction of sp³-hybridized carbons (Fsp3) is 0.222. The molecule has 5 heteroatoms. The van der Waals surface area contributed by atoms with E-state index in [4.69, 9.17) is 5.11 Å². The second-order valence-electron chi connectivity index (χ2n) is 2.84. The summed E-state index contributed by atoms with van der Waals surface area (Å²) in [5.41, 5.74) is -0.416. The van der Waals surface area contributed by atoms with Crippen molar-refractivity contribution >= 4 is 21.9 Å². The fourth-order valence-electron chi connectivity index (χ4n) is 1.09. The Hall–Kier alpha value is -0.970. The summed E-state index contributed by atoms with van der Waals surface area (Å²) < 4.78 is 26.6. The predicted molar refractivity (Wildman–Crippen MR) is 50.1 cm³/mol. The van der Waals surface area contributed by atoms with Gasteiger partial charge in [0.05, 0.1) is 5.92 Å². The van der Waals surface area contributed by atoms with Crippen molar-refractivity contribution in [1.82, 2.24) is 0 Å². The molecule has 1 rings (SSSR count). The van der Waals surface area contributed by atoms with Gasteiger partial charge in [-0.3, -0.25) is 4.79 Å². The van der Waals surface area contributed by atoms with Gasteiger partial charge in [0, 0.05) is 10.0 Å². The van der Waals surface area contributed by atoms with Crippen LogP contribution in [0.25, 0.3) is 0 Å². The van der Waals surface area contributed by atoms with E-state index < -0.39 is 29.1 Å². The molecule has 0 aromatic heterocycles. The van der Waals surface area contributed by atoms with Crippen molar-refractivity contribution in [2.24, 2.45) is 0 Å². The average Bonchev–Trinajstić information content (AvgIpc) is 2.01. The highest BCUT2D eigenvalue weighted by Gasteiger charge is 2.22. The van der Waals surface area contributed by atoms with E-state index >= 15 is 0 Å². The first kappa shape index (κ1) is 11.1. The van der Waals surface area contributed by atoms with E-state index in [-0.39, 0.29) is 4.47 Å². The lowest BCUT2D eigenvalue weighted by Gasteiger charge is -2.09. The van der Waals surface area contributed by atoms with E-state index in [1.165, 1.54) is 6.92 Å². The number of rotatable bonds is 2. The van der Waals surface area contributed by atoms with Crippen LogP contribution in [0.15, 0.2) is 16.6 Å². The topological polar surface area (TPSA) is 37.3 Å². The summed E-state index contributed by atoms with van der Waals surface area (Å²) in [6.45, 7) is 1.23. The van der Waals surface area contributed by atoms with Crippen LogP contribution < -0.4 is 0 Å². The lowest BCUT2D eigenvalue weighted by atomic mass is 10.0. The molecule has 0 aliphatic carbocycles. The molecular weight excluding hydrogens is 258 g/mol. The van der Waals surface area contributed by atoms with Crippen LogP contribution in [-0.2, 0) is 4.79 Å². The Bertz CT molecular complexity index is 356. The first-order valence-electron chi connectivity index (χ1n) is 3.80. The highest BCUT2D eigenvalue weighted by atomic mass is 79.9. The number of aliphatic carboxylic acids is 1. The Kier molecular flexibility index (Phi) is 3.21. The molecule has 1 aromatic carbocycles. The molecule has 0 aliphatic rings. The fourth-order valence-corrected chi connectivity index (χ4v) is 1.49. The summed E-state index contributed by atoms with van der Waals surface area (Å²) in [5, 5.41) is 8.61. The van der Waals surface area contributed by atoms with E-state index in [1.807, 2.05) is 0 Å². The standard InChI is InChI=1S/C9H7BrF2O2/c1-4(9(13)14)8-6(11)2-5(10)3-7(8)12/h2-4H,1H3,(H,13,14). The van der Waals surface area contributed by atoms with Crippen molar-refractivity contribution in [3.63, 3.8) is 0 Å². The van der Waals surface area contributed by atoms with E-state index in [2.05, 4.69) is 15.9 Å². The van der Waals surface area contributed by atoms with Crippen LogP contribution in [0.1, 0.15) is 18.4 Å². The smallest absolute Gasteiger partial charge is 0.310 e. The van der Waals surface area contributed by atoms with Gasteiger partial charge in [-0.25, -0.2) is 8.78 Å². The average molecular weight is 265 g/mol. The third-order valence-electron chi connectivity index (χ3n) is 1.85. The van der Waals surface area contributed by atoms with Crippen molar-refractivity contribution in [2.45, 2.75) is 12.8 Å². The summed E-state index contributed by atoms with van der Waals surface area (Å²) in [6.07, 6.45) is 0. The molecule has 76 valence electrons. The van der Waals surface area contributed by atoms with E-state index in [0.29, 0.717) is 0 Å². The van der Waals surface area contributed by atoms with Gasteiger partial charge < -0.3 is 5.11 Å². The lowest BCUT2D eigenvalue weighted by Crippen LogP contribution is -2.11. The maximum absolute atomic E-state index is 13.2. The zero-order valence-corrected chi connectivity index (χ0v) is 8.81. The SMILES string of the molecule is CC(C(=O)O)c1c(F)cc(Br)cc1F. The Morgan fingerprint density at radius 2 is 1.86 bits per heavy atom. The number of carboxylic acid groups (broad SMARTS) is 1. The van der Waals surface area contributed by atoms with Crippen molar-refractivity contribution in [2.75, 3.05) is 0 Å². The van der Waals surface area contributed by atoms with Crippen LogP contribution in [0.5, 0.6) is 0 Å². The first-order valence-corrected chi connectivity index (χ1v) is 4.60. The first-order chi connectivity index (χ1) is 6.43. The van der Waals surface area contributed by atoms with Crippen LogP contribution in [-0.4, -0.2) is 11.1 Å². The maximum Gasteiger partial charge on any atom is 0.310 e. The summed E-state index contributed by atoms with van der Waals surface area (Å²) >= 11 is 2.91. The maximum atomic E-state index is 13.2. The molecule has 14 heavy (non-hydrogen) atoms. The minimum absolute atomic E-state index is 0.244. The summed E-state index contributed by atoms with van der Waals surface area (Å²) in [5.74, 6) is -4.16. The molecule has 0 bridgehead atoms. The van der Waals surface area contributed by atoms with Gasteiger partial charge >= 0.3 is 5.97 Å². The molecular formula is C9H7BrF2O2. The summed E-state index contributed by atoms with van der Waals surface area (Å²) in [7, 11) is 0. The molecule has 0 saturated heterocycles. The van der Waals surface area contributed by atoms with Crippen LogP contribution in [0.4, 0.5) is 8.78 Å². The van der Waals surface area contributed by atoms with Gasteiger partial charge in [0.25, 0.3) is 0 Å². The van der Waals surface area contributed by atoms with Crippen LogP contribution in [0.3, 0.4) is 0 Å². The largest absolute Gasteiger partial charge is 0.481 e.